The standard InChI is InChI=1S/C17H13ClFN3OS2/c1-10-5-7-11(8-6-10)9-24-17-22-21-16(25-17)20-15(23)14-12(18)3-2-4-13(14)19/h2-8H,9H2,1H3,(H,20,21,23). The quantitative estimate of drug-likeness (QED) is 0.479. The third kappa shape index (κ3) is 4.56. The Balaban J connectivity index is 1.63. The zero-order chi connectivity index (χ0) is 17.8. The number of carbonyl (C=O) groups excluding carboxylic acids is 1. The molecule has 0 atom stereocenters. The third-order valence-electron chi connectivity index (χ3n) is 3.30. The van der Waals surface area contributed by atoms with Crippen molar-refractivity contribution in [3.63, 3.8) is 0 Å². The van der Waals surface area contributed by atoms with Crippen molar-refractivity contribution in [2.75, 3.05) is 5.32 Å². The molecule has 0 aliphatic carbocycles. The van der Waals surface area contributed by atoms with Gasteiger partial charge in [-0.15, -0.1) is 10.2 Å². The molecule has 0 radical (unpaired) electrons. The van der Waals surface area contributed by atoms with Crippen LogP contribution in [0, 0.1) is 12.7 Å². The Hall–Kier alpha value is -1.96. The van der Waals surface area contributed by atoms with Crippen LogP contribution in [0.15, 0.2) is 46.8 Å². The van der Waals surface area contributed by atoms with Crippen molar-refractivity contribution in [2.45, 2.75) is 17.0 Å². The van der Waals surface area contributed by atoms with Crippen LogP contribution in [0.2, 0.25) is 5.02 Å². The number of nitrogens with one attached hydrogen (secondary N) is 1. The van der Waals surface area contributed by atoms with Crippen LogP contribution in [0.1, 0.15) is 21.5 Å². The molecule has 0 bridgehead atoms. The van der Waals surface area contributed by atoms with E-state index < -0.39 is 11.7 Å². The van der Waals surface area contributed by atoms with E-state index in [4.69, 9.17) is 11.6 Å². The van der Waals surface area contributed by atoms with Crippen LogP contribution in [0.5, 0.6) is 0 Å². The minimum atomic E-state index is -0.677. The molecule has 128 valence electrons. The van der Waals surface area contributed by atoms with E-state index in [0.717, 1.165) is 10.1 Å². The monoisotopic (exact) mass is 393 g/mol. The number of benzene rings is 2. The van der Waals surface area contributed by atoms with Gasteiger partial charge in [-0.1, -0.05) is 70.6 Å². The van der Waals surface area contributed by atoms with Crippen LogP contribution in [-0.2, 0) is 5.75 Å². The number of amides is 1. The van der Waals surface area contributed by atoms with Gasteiger partial charge in [-0.05, 0) is 24.6 Å². The summed E-state index contributed by atoms with van der Waals surface area (Å²) >= 11 is 8.64. The number of aromatic nitrogens is 2. The molecule has 8 heteroatoms. The van der Waals surface area contributed by atoms with Crippen LogP contribution >= 0.6 is 34.7 Å². The normalized spacial score (nSPS) is 10.7. The lowest BCUT2D eigenvalue weighted by Gasteiger charge is -2.04. The highest BCUT2D eigenvalue weighted by atomic mass is 35.5. The molecule has 0 aliphatic rings. The first-order valence-corrected chi connectivity index (χ1v) is 9.48. The van der Waals surface area contributed by atoms with Crippen molar-refractivity contribution in [1.82, 2.24) is 10.2 Å². The van der Waals surface area contributed by atoms with Crippen molar-refractivity contribution < 1.29 is 9.18 Å². The zero-order valence-corrected chi connectivity index (χ0v) is 15.5. The van der Waals surface area contributed by atoms with E-state index in [1.165, 1.54) is 52.4 Å². The van der Waals surface area contributed by atoms with Crippen LogP contribution in [0.4, 0.5) is 9.52 Å². The molecule has 3 rings (SSSR count). The van der Waals surface area contributed by atoms with E-state index in [1.807, 2.05) is 6.92 Å². The highest BCUT2D eigenvalue weighted by Gasteiger charge is 2.17. The van der Waals surface area contributed by atoms with Crippen LogP contribution in [0.3, 0.4) is 0 Å². The summed E-state index contributed by atoms with van der Waals surface area (Å²) in [5.74, 6) is -0.569. The van der Waals surface area contributed by atoms with E-state index in [1.54, 1.807) is 0 Å². The summed E-state index contributed by atoms with van der Waals surface area (Å²) in [6.07, 6.45) is 0. The number of nitrogens with zero attached hydrogens (tertiary/aromatic N) is 2. The molecular weight excluding hydrogens is 381 g/mol. The summed E-state index contributed by atoms with van der Waals surface area (Å²) in [7, 11) is 0. The van der Waals surface area contributed by atoms with Gasteiger partial charge in [-0.25, -0.2) is 4.39 Å². The van der Waals surface area contributed by atoms with Gasteiger partial charge in [0.1, 0.15) is 5.82 Å². The summed E-state index contributed by atoms with van der Waals surface area (Å²) in [6, 6.07) is 12.3. The van der Waals surface area contributed by atoms with Gasteiger partial charge in [0.15, 0.2) is 4.34 Å². The molecule has 1 heterocycles. The van der Waals surface area contributed by atoms with Gasteiger partial charge in [0.25, 0.3) is 5.91 Å². The first-order chi connectivity index (χ1) is 12.0. The highest BCUT2D eigenvalue weighted by molar-refractivity contribution is 8.00. The molecule has 1 aromatic heterocycles. The van der Waals surface area contributed by atoms with Crippen LogP contribution in [0.25, 0.3) is 0 Å². The van der Waals surface area contributed by atoms with Gasteiger partial charge in [-0.3, -0.25) is 10.1 Å². The summed E-state index contributed by atoms with van der Waals surface area (Å²) in [5.41, 5.74) is 2.18. The van der Waals surface area contributed by atoms with Crippen molar-refractivity contribution >= 4 is 45.7 Å². The maximum Gasteiger partial charge on any atom is 0.261 e. The van der Waals surface area contributed by atoms with E-state index in [0.29, 0.717) is 5.13 Å². The Morgan fingerprint density at radius 3 is 2.72 bits per heavy atom. The molecule has 1 amide bonds. The van der Waals surface area contributed by atoms with Crippen molar-refractivity contribution in [1.29, 1.82) is 0 Å². The Labute approximate surface area is 157 Å². The lowest BCUT2D eigenvalue weighted by Crippen LogP contribution is -2.14. The molecule has 0 spiro atoms. The number of thioether (sulfide) groups is 1. The van der Waals surface area contributed by atoms with Crippen molar-refractivity contribution in [3.8, 4) is 0 Å². The minimum Gasteiger partial charge on any atom is -0.296 e. The zero-order valence-electron chi connectivity index (χ0n) is 13.1. The predicted molar refractivity (Wildman–Crippen MR) is 100 cm³/mol. The van der Waals surface area contributed by atoms with E-state index in [9.17, 15) is 9.18 Å². The summed E-state index contributed by atoms with van der Waals surface area (Å²) in [4.78, 5) is 12.2. The van der Waals surface area contributed by atoms with Crippen molar-refractivity contribution in [2.24, 2.45) is 0 Å². The Bertz CT molecular complexity index is 879. The fourth-order valence-electron chi connectivity index (χ4n) is 2.02. The SMILES string of the molecule is Cc1ccc(CSc2nnc(NC(=O)c3c(F)cccc3Cl)s2)cc1. The van der Waals surface area contributed by atoms with E-state index in [-0.39, 0.29) is 10.6 Å². The average molecular weight is 394 g/mol. The van der Waals surface area contributed by atoms with Gasteiger partial charge in [0.05, 0.1) is 10.6 Å². The summed E-state index contributed by atoms with van der Waals surface area (Å²) in [5, 5.41) is 10.8. The number of halogens is 2. The number of aryl methyl sites for hydroxylation is 1. The minimum absolute atomic E-state index is 0.0518. The number of anilines is 1. The fraction of sp³-hybridized carbons (Fsp3) is 0.118. The molecular formula is C17H13ClFN3OS2. The average Bonchev–Trinajstić information content (AvgIpc) is 3.01. The molecule has 0 fully saturated rings. The largest absolute Gasteiger partial charge is 0.296 e. The third-order valence-corrected chi connectivity index (χ3v) is 5.66. The lowest BCUT2D eigenvalue weighted by atomic mass is 10.2. The first kappa shape index (κ1) is 17.8. The molecule has 1 N–H and O–H groups in total. The van der Waals surface area contributed by atoms with Crippen molar-refractivity contribution in [3.05, 3.63) is 70.0 Å². The molecule has 25 heavy (non-hydrogen) atoms. The van der Waals surface area contributed by atoms with Crippen LogP contribution in [-0.4, -0.2) is 16.1 Å². The molecule has 0 saturated carbocycles. The summed E-state index contributed by atoms with van der Waals surface area (Å²) < 4.78 is 14.5. The van der Waals surface area contributed by atoms with Gasteiger partial charge in [-0.2, -0.15) is 0 Å². The Morgan fingerprint density at radius 2 is 2.00 bits per heavy atom. The number of rotatable bonds is 5. The first-order valence-electron chi connectivity index (χ1n) is 7.30. The molecule has 2 aromatic carbocycles. The Morgan fingerprint density at radius 1 is 1.24 bits per heavy atom. The fourth-order valence-corrected chi connectivity index (χ4v) is 3.97. The van der Waals surface area contributed by atoms with Gasteiger partial charge < -0.3 is 0 Å². The number of hydrogen-bond donors (Lipinski definition) is 1. The molecule has 0 aliphatic heterocycles. The summed E-state index contributed by atoms with van der Waals surface area (Å²) in [6.45, 7) is 2.04. The number of hydrogen-bond acceptors (Lipinski definition) is 5. The number of carbonyl (C=O) groups is 1. The van der Waals surface area contributed by atoms with Gasteiger partial charge >= 0.3 is 0 Å². The second kappa shape index (κ2) is 7.95. The lowest BCUT2D eigenvalue weighted by molar-refractivity contribution is 0.102. The van der Waals surface area contributed by atoms with Crippen LogP contribution < -0.4 is 5.32 Å². The molecule has 4 nitrogen and oxygen atoms in total. The molecule has 0 saturated heterocycles. The maximum atomic E-state index is 13.8. The Kier molecular flexibility index (Phi) is 5.67. The van der Waals surface area contributed by atoms with E-state index in [2.05, 4.69) is 39.8 Å². The predicted octanol–water partition coefficient (Wildman–Crippen LogP) is 5.18. The molecule has 0 unspecified atom stereocenters. The smallest absolute Gasteiger partial charge is 0.261 e. The van der Waals surface area contributed by atoms with Gasteiger partial charge in [0.2, 0.25) is 5.13 Å². The van der Waals surface area contributed by atoms with Gasteiger partial charge in [0, 0.05) is 5.75 Å². The van der Waals surface area contributed by atoms with E-state index >= 15 is 0 Å². The maximum absolute atomic E-state index is 13.8. The highest BCUT2D eigenvalue weighted by Crippen LogP contribution is 2.29. The second-order valence-corrected chi connectivity index (χ2v) is 7.81. The topological polar surface area (TPSA) is 54.9 Å². The second-order valence-electron chi connectivity index (χ2n) is 5.20. The molecule has 3 aromatic rings.